The van der Waals surface area contributed by atoms with Gasteiger partial charge in [0.05, 0.1) is 32.0 Å². The summed E-state index contributed by atoms with van der Waals surface area (Å²) in [5.74, 6) is -1.45. The second-order valence-electron chi connectivity index (χ2n) is 7.35. The third kappa shape index (κ3) is 3.76. The van der Waals surface area contributed by atoms with Crippen molar-refractivity contribution in [2.24, 2.45) is 5.92 Å². The van der Waals surface area contributed by atoms with Crippen molar-refractivity contribution >= 4 is 23.4 Å². The molecule has 0 bridgehead atoms. The normalized spacial score (nSPS) is 22.8. The van der Waals surface area contributed by atoms with E-state index in [2.05, 4.69) is 5.32 Å². The van der Waals surface area contributed by atoms with Crippen LogP contribution in [0.15, 0.2) is 12.1 Å². The quantitative estimate of drug-likeness (QED) is 0.826. The summed E-state index contributed by atoms with van der Waals surface area (Å²) < 4.78 is 39.7. The summed E-state index contributed by atoms with van der Waals surface area (Å²) in [4.78, 5) is 26.9. The lowest BCUT2D eigenvalue weighted by atomic mass is 9.85. The van der Waals surface area contributed by atoms with Crippen LogP contribution in [0.5, 0.6) is 0 Å². The first kappa shape index (κ1) is 18.9. The van der Waals surface area contributed by atoms with Crippen molar-refractivity contribution in [2.45, 2.75) is 25.4 Å². The number of carbonyl (C=O) groups is 2. The highest BCUT2D eigenvalue weighted by atomic mass is 19.1. The molecule has 2 heterocycles. The molecule has 1 saturated carbocycles. The average molecular weight is 395 g/mol. The first-order valence-corrected chi connectivity index (χ1v) is 9.60. The van der Waals surface area contributed by atoms with E-state index in [1.54, 1.807) is 4.90 Å². The fraction of sp³-hybridized carbons (Fsp3) is 0.579. The molecule has 2 aliphatic heterocycles. The molecule has 1 atom stereocenters. The number of hydrogen-bond acceptors (Lipinski definition) is 5. The van der Waals surface area contributed by atoms with Crippen molar-refractivity contribution < 1.29 is 27.8 Å². The van der Waals surface area contributed by atoms with E-state index in [1.807, 2.05) is 0 Å². The number of nitrogens with one attached hydrogen (secondary N) is 1. The highest BCUT2D eigenvalue weighted by Crippen LogP contribution is 2.31. The third-order valence-electron chi connectivity index (χ3n) is 5.49. The summed E-state index contributed by atoms with van der Waals surface area (Å²) >= 11 is 0. The molecule has 2 saturated heterocycles. The Morgan fingerprint density at radius 3 is 2.46 bits per heavy atom. The maximum atomic E-state index is 14.6. The van der Waals surface area contributed by atoms with Gasteiger partial charge in [-0.15, -0.1) is 0 Å². The predicted octanol–water partition coefficient (Wildman–Crippen LogP) is 2.04. The summed E-state index contributed by atoms with van der Waals surface area (Å²) in [6, 6.07) is 2.29. The Balaban J connectivity index is 1.42. The van der Waals surface area contributed by atoms with Crippen molar-refractivity contribution in [3.63, 3.8) is 0 Å². The Labute approximate surface area is 161 Å². The first-order valence-electron chi connectivity index (χ1n) is 9.60. The first-order chi connectivity index (χ1) is 13.5. The van der Waals surface area contributed by atoms with E-state index < -0.39 is 23.8 Å². The van der Waals surface area contributed by atoms with Gasteiger partial charge in [-0.3, -0.25) is 9.69 Å². The molecule has 1 aliphatic carbocycles. The fourth-order valence-corrected chi connectivity index (χ4v) is 3.66. The zero-order chi connectivity index (χ0) is 19.7. The van der Waals surface area contributed by atoms with E-state index in [-0.39, 0.29) is 36.3 Å². The molecule has 28 heavy (non-hydrogen) atoms. The molecule has 0 aromatic heterocycles. The number of nitrogens with zero attached hydrogens (tertiary/aromatic N) is 2. The third-order valence-corrected chi connectivity index (χ3v) is 5.49. The molecule has 3 aliphatic rings. The molecule has 1 aromatic carbocycles. The molecule has 0 unspecified atom stereocenters. The van der Waals surface area contributed by atoms with Crippen molar-refractivity contribution in [2.75, 3.05) is 49.2 Å². The van der Waals surface area contributed by atoms with Crippen LogP contribution in [0.4, 0.5) is 25.0 Å². The van der Waals surface area contributed by atoms with Gasteiger partial charge < -0.3 is 19.7 Å². The number of cyclic esters (lactones) is 1. The summed E-state index contributed by atoms with van der Waals surface area (Å²) in [5.41, 5.74) is -0.00578. The lowest BCUT2D eigenvalue weighted by Gasteiger charge is -2.29. The van der Waals surface area contributed by atoms with E-state index in [1.165, 1.54) is 4.90 Å². The summed E-state index contributed by atoms with van der Waals surface area (Å²) in [5, 5.41) is 2.78. The van der Waals surface area contributed by atoms with Crippen LogP contribution in [0.2, 0.25) is 0 Å². The average Bonchev–Trinajstić information content (AvgIpc) is 2.99. The van der Waals surface area contributed by atoms with Crippen LogP contribution in [0, 0.1) is 17.6 Å². The van der Waals surface area contributed by atoms with Crippen LogP contribution in [0.25, 0.3) is 0 Å². The zero-order valence-corrected chi connectivity index (χ0v) is 15.5. The molecule has 0 spiro atoms. The summed E-state index contributed by atoms with van der Waals surface area (Å²) in [6.45, 7) is 1.94. The molecule has 0 radical (unpaired) electrons. The van der Waals surface area contributed by atoms with Crippen molar-refractivity contribution in [3.05, 3.63) is 23.8 Å². The Morgan fingerprint density at radius 2 is 1.86 bits per heavy atom. The van der Waals surface area contributed by atoms with Crippen LogP contribution < -0.4 is 15.1 Å². The number of benzene rings is 1. The maximum Gasteiger partial charge on any atom is 0.414 e. The van der Waals surface area contributed by atoms with Crippen LogP contribution in [-0.4, -0.2) is 57.5 Å². The van der Waals surface area contributed by atoms with Gasteiger partial charge in [0.2, 0.25) is 5.91 Å². The number of hydrogen-bond donors (Lipinski definition) is 1. The smallest absolute Gasteiger partial charge is 0.414 e. The van der Waals surface area contributed by atoms with Crippen molar-refractivity contribution in [1.29, 1.82) is 0 Å². The van der Waals surface area contributed by atoms with Gasteiger partial charge in [-0.25, -0.2) is 13.6 Å². The Kier molecular flexibility index (Phi) is 5.34. The summed E-state index contributed by atoms with van der Waals surface area (Å²) in [7, 11) is 0. The molecule has 1 N–H and O–H groups in total. The lowest BCUT2D eigenvalue weighted by molar-refractivity contribution is -0.127. The minimum atomic E-state index is -0.730. The second-order valence-corrected chi connectivity index (χ2v) is 7.35. The monoisotopic (exact) mass is 395 g/mol. The largest absolute Gasteiger partial charge is 0.442 e. The van der Waals surface area contributed by atoms with Crippen molar-refractivity contribution in [3.8, 4) is 0 Å². The molecule has 3 fully saturated rings. The molecule has 2 amide bonds. The number of morpholine rings is 1. The van der Waals surface area contributed by atoms with Crippen LogP contribution in [0.3, 0.4) is 0 Å². The van der Waals surface area contributed by atoms with Gasteiger partial charge in [-0.05, 0) is 12.8 Å². The molecule has 4 rings (SSSR count). The Morgan fingerprint density at radius 1 is 1.18 bits per heavy atom. The van der Waals surface area contributed by atoms with Crippen LogP contribution >= 0.6 is 0 Å². The van der Waals surface area contributed by atoms with Crippen LogP contribution in [-0.2, 0) is 14.3 Å². The highest BCUT2D eigenvalue weighted by Gasteiger charge is 2.35. The Hall–Kier alpha value is -2.42. The minimum Gasteiger partial charge on any atom is -0.442 e. The van der Waals surface area contributed by atoms with E-state index in [4.69, 9.17) is 9.47 Å². The fourth-order valence-electron chi connectivity index (χ4n) is 3.66. The van der Waals surface area contributed by atoms with Gasteiger partial charge >= 0.3 is 6.09 Å². The van der Waals surface area contributed by atoms with Crippen molar-refractivity contribution in [1.82, 2.24) is 5.32 Å². The zero-order valence-electron chi connectivity index (χ0n) is 15.5. The van der Waals surface area contributed by atoms with Crippen LogP contribution in [0.1, 0.15) is 19.3 Å². The van der Waals surface area contributed by atoms with Gasteiger partial charge in [0.25, 0.3) is 0 Å². The van der Waals surface area contributed by atoms with E-state index in [0.717, 1.165) is 31.4 Å². The number of amides is 2. The van der Waals surface area contributed by atoms with Gasteiger partial charge in [0.15, 0.2) is 11.6 Å². The number of rotatable bonds is 5. The van der Waals surface area contributed by atoms with Gasteiger partial charge in [0.1, 0.15) is 11.8 Å². The molecule has 1 aromatic rings. The van der Waals surface area contributed by atoms with Gasteiger partial charge in [-0.1, -0.05) is 6.42 Å². The topological polar surface area (TPSA) is 71.1 Å². The van der Waals surface area contributed by atoms with E-state index >= 15 is 0 Å². The standard InChI is InChI=1S/C19H23F2N3O4/c20-15-8-13(9-16(21)17(15)23-4-6-27-7-5-23)24-11-14(28-19(24)26)10-22-18(25)12-2-1-3-12/h8-9,12,14H,1-7,10-11H2,(H,22,25)/t14-/m0/s1. The molecular weight excluding hydrogens is 372 g/mol. The van der Waals surface area contributed by atoms with Gasteiger partial charge in [0, 0.05) is 31.1 Å². The number of halogens is 2. The molecule has 7 nitrogen and oxygen atoms in total. The number of ether oxygens (including phenoxy) is 2. The lowest BCUT2D eigenvalue weighted by Crippen LogP contribution is -2.40. The van der Waals surface area contributed by atoms with Gasteiger partial charge in [-0.2, -0.15) is 0 Å². The molecule has 9 heteroatoms. The second kappa shape index (κ2) is 7.90. The number of carbonyl (C=O) groups excluding carboxylic acids is 2. The molecule has 152 valence electrons. The maximum absolute atomic E-state index is 14.6. The highest BCUT2D eigenvalue weighted by molar-refractivity contribution is 5.90. The Bertz CT molecular complexity index is 743. The predicted molar refractivity (Wildman–Crippen MR) is 97.4 cm³/mol. The minimum absolute atomic E-state index is 0.0345. The SMILES string of the molecule is O=C(NC[C@H]1CN(c2cc(F)c(N3CCOCC3)c(F)c2)C(=O)O1)C1CCC1. The van der Waals surface area contributed by atoms with E-state index in [0.29, 0.717) is 26.3 Å². The number of anilines is 2. The summed E-state index contributed by atoms with van der Waals surface area (Å²) in [6.07, 6.45) is 1.59. The molecular formula is C19H23F2N3O4. The van der Waals surface area contributed by atoms with E-state index in [9.17, 15) is 18.4 Å².